The van der Waals surface area contributed by atoms with Crippen molar-refractivity contribution in [2.75, 3.05) is 39.4 Å². The molecule has 0 aliphatic carbocycles. The zero-order chi connectivity index (χ0) is 23.8. The zero-order valence-electron chi connectivity index (χ0n) is 18.6. The number of hydrogen-bond donors (Lipinski definition) is 2. The molecule has 1 fully saturated rings. The van der Waals surface area contributed by atoms with Crippen molar-refractivity contribution < 1.29 is 18.1 Å². The fourth-order valence-corrected chi connectivity index (χ4v) is 4.39. The van der Waals surface area contributed by atoms with E-state index in [0.717, 1.165) is 38.4 Å². The molecule has 0 radical (unpaired) electrons. The molecule has 0 saturated carbocycles. The summed E-state index contributed by atoms with van der Waals surface area (Å²) in [6, 6.07) is 13.2. The summed E-state index contributed by atoms with van der Waals surface area (Å²) in [5.74, 6) is -0.369. The lowest BCUT2D eigenvalue weighted by atomic mass is 10.2. The van der Waals surface area contributed by atoms with Crippen molar-refractivity contribution >= 4 is 16.9 Å². The molecule has 1 aliphatic rings. The van der Waals surface area contributed by atoms with Crippen LogP contribution in [-0.4, -0.2) is 64.4 Å². The fraction of sp³-hybridized carbons (Fsp3) is 0.292. The van der Waals surface area contributed by atoms with Crippen LogP contribution in [0.15, 0.2) is 65.8 Å². The van der Waals surface area contributed by atoms with Gasteiger partial charge < -0.3 is 10.1 Å². The topological polar surface area (TPSA) is 96.5 Å². The highest BCUT2D eigenvalue weighted by molar-refractivity contribution is 7.83. The highest BCUT2D eigenvalue weighted by Gasteiger charge is 2.12. The number of rotatable bonds is 9. The first kappa shape index (κ1) is 24.1. The molecule has 1 saturated heterocycles. The second-order valence-electron chi connectivity index (χ2n) is 7.75. The lowest BCUT2D eigenvalue weighted by Gasteiger charge is -2.26. The Kier molecular flexibility index (Phi) is 8.42. The van der Waals surface area contributed by atoms with Gasteiger partial charge in [0.1, 0.15) is 16.8 Å². The summed E-state index contributed by atoms with van der Waals surface area (Å²) in [7, 11) is -1.34. The van der Waals surface area contributed by atoms with Crippen LogP contribution in [0.4, 0.5) is 4.39 Å². The summed E-state index contributed by atoms with van der Waals surface area (Å²) in [6.07, 6.45) is 2.82. The van der Waals surface area contributed by atoms with Gasteiger partial charge in [0, 0.05) is 50.7 Å². The average molecular weight is 484 g/mol. The fourth-order valence-electron chi connectivity index (χ4n) is 3.48. The SMILES string of the molecule is O=C(NCc1cccc(S(=O)NCCN2CCOCC2)c1)c1cnc(-c2cccc(F)c2)nc1. The van der Waals surface area contributed by atoms with Crippen molar-refractivity contribution in [2.24, 2.45) is 0 Å². The third-order valence-electron chi connectivity index (χ3n) is 5.33. The van der Waals surface area contributed by atoms with E-state index in [-0.39, 0.29) is 18.3 Å². The highest BCUT2D eigenvalue weighted by atomic mass is 32.2. The summed E-state index contributed by atoms with van der Waals surface area (Å²) in [5, 5.41) is 2.82. The van der Waals surface area contributed by atoms with E-state index in [2.05, 4.69) is 24.9 Å². The number of aromatic nitrogens is 2. The molecule has 0 bridgehead atoms. The number of carbonyl (C=O) groups excluding carboxylic acids is 1. The van der Waals surface area contributed by atoms with Gasteiger partial charge in [-0.15, -0.1) is 0 Å². The predicted molar refractivity (Wildman–Crippen MR) is 127 cm³/mol. The lowest BCUT2D eigenvalue weighted by molar-refractivity contribution is 0.0390. The number of nitrogens with zero attached hydrogens (tertiary/aromatic N) is 3. The molecule has 1 aromatic heterocycles. The Bertz CT molecular complexity index is 1140. The van der Waals surface area contributed by atoms with Crippen molar-refractivity contribution in [2.45, 2.75) is 11.4 Å². The van der Waals surface area contributed by atoms with Gasteiger partial charge in [0.15, 0.2) is 5.82 Å². The Morgan fingerprint density at radius 2 is 1.85 bits per heavy atom. The van der Waals surface area contributed by atoms with Crippen LogP contribution >= 0.6 is 0 Å². The number of carbonyl (C=O) groups is 1. The number of hydrogen-bond acceptors (Lipinski definition) is 6. The molecule has 1 aliphatic heterocycles. The average Bonchev–Trinajstić information content (AvgIpc) is 2.88. The first-order valence-corrected chi connectivity index (χ1v) is 12.1. The second-order valence-corrected chi connectivity index (χ2v) is 9.05. The molecule has 1 atom stereocenters. The van der Waals surface area contributed by atoms with Crippen molar-refractivity contribution in [3.8, 4) is 11.4 Å². The van der Waals surface area contributed by atoms with Crippen LogP contribution in [0.2, 0.25) is 0 Å². The third-order valence-corrected chi connectivity index (χ3v) is 6.48. The van der Waals surface area contributed by atoms with E-state index in [9.17, 15) is 13.4 Å². The number of nitrogens with one attached hydrogen (secondary N) is 2. The summed E-state index contributed by atoms with van der Waals surface area (Å²) in [4.78, 5) is 23.8. The maximum atomic E-state index is 13.4. The lowest BCUT2D eigenvalue weighted by Crippen LogP contribution is -2.40. The molecule has 2 aromatic carbocycles. The number of halogens is 1. The van der Waals surface area contributed by atoms with Gasteiger partial charge in [0.25, 0.3) is 5.91 Å². The molecule has 3 aromatic rings. The van der Waals surface area contributed by atoms with Crippen LogP contribution in [0.1, 0.15) is 15.9 Å². The predicted octanol–water partition coefficient (Wildman–Crippen LogP) is 2.16. The maximum absolute atomic E-state index is 13.4. The third kappa shape index (κ3) is 6.73. The molecule has 4 rings (SSSR count). The summed E-state index contributed by atoms with van der Waals surface area (Å²) in [5.41, 5.74) is 1.66. The van der Waals surface area contributed by atoms with Crippen molar-refractivity contribution in [1.29, 1.82) is 0 Å². The molecule has 1 amide bonds. The van der Waals surface area contributed by atoms with Gasteiger partial charge in [-0.25, -0.2) is 23.3 Å². The van der Waals surface area contributed by atoms with Gasteiger partial charge in [-0.05, 0) is 29.8 Å². The molecule has 8 nitrogen and oxygen atoms in total. The van der Waals surface area contributed by atoms with Crippen LogP contribution < -0.4 is 10.0 Å². The van der Waals surface area contributed by atoms with Gasteiger partial charge in [-0.2, -0.15) is 0 Å². The van der Waals surface area contributed by atoms with Crippen molar-refractivity contribution in [1.82, 2.24) is 24.9 Å². The minimum absolute atomic E-state index is 0.267. The van der Waals surface area contributed by atoms with Crippen LogP contribution in [0.5, 0.6) is 0 Å². The number of benzene rings is 2. The summed E-state index contributed by atoms with van der Waals surface area (Å²) < 4.78 is 34.4. The van der Waals surface area contributed by atoms with Crippen molar-refractivity contribution in [3.05, 3.63) is 77.9 Å². The van der Waals surface area contributed by atoms with E-state index in [1.165, 1.54) is 24.5 Å². The molecular formula is C24H26FN5O3S. The Balaban J connectivity index is 1.28. The molecule has 34 heavy (non-hydrogen) atoms. The van der Waals surface area contributed by atoms with Crippen LogP contribution in [0, 0.1) is 5.82 Å². The van der Waals surface area contributed by atoms with Crippen LogP contribution in [0.3, 0.4) is 0 Å². The van der Waals surface area contributed by atoms with Gasteiger partial charge >= 0.3 is 0 Å². The van der Waals surface area contributed by atoms with E-state index in [0.29, 0.717) is 28.4 Å². The largest absolute Gasteiger partial charge is 0.379 e. The summed E-state index contributed by atoms with van der Waals surface area (Å²) in [6.45, 7) is 4.94. The Morgan fingerprint density at radius 1 is 1.09 bits per heavy atom. The quantitative estimate of drug-likeness (QED) is 0.484. The molecule has 2 heterocycles. The highest BCUT2D eigenvalue weighted by Crippen LogP contribution is 2.15. The number of amides is 1. The molecule has 0 spiro atoms. The van der Waals surface area contributed by atoms with Gasteiger partial charge in [0.2, 0.25) is 0 Å². The molecular weight excluding hydrogens is 457 g/mol. The number of ether oxygens (including phenoxy) is 1. The van der Waals surface area contributed by atoms with E-state index in [4.69, 9.17) is 4.74 Å². The first-order valence-electron chi connectivity index (χ1n) is 11.0. The van der Waals surface area contributed by atoms with Gasteiger partial charge in [-0.1, -0.05) is 24.3 Å². The van der Waals surface area contributed by atoms with E-state index >= 15 is 0 Å². The van der Waals surface area contributed by atoms with Gasteiger partial charge in [0.05, 0.1) is 23.7 Å². The second kappa shape index (κ2) is 11.9. The minimum atomic E-state index is -1.34. The first-order chi connectivity index (χ1) is 16.6. The van der Waals surface area contributed by atoms with E-state index in [1.807, 2.05) is 18.2 Å². The standard InChI is InChI=1S/C24H26FN5O3S/c25-21-5-2-4-19(14-21)23-26-16-20(17-27-23)24(31)28-15-18-3-1-6-22(13-18)34(32)29-7-8-30-9-11-33-12-10-30/h1-6,13-14,16-17,29H,7-12,15H2,(H,28,31). The molecule has 1 unspecified atom stereocenters. The molecule has 178 valence electrons. The minimum Gasteiger partial charge on any atom is -0.379 e. The van der Waals surface area contributed by atoms with E-state index < -0.39 is 11.0 Å². The maximum Gasteiger partial charge on any atom is 0.254 e. The van der Waals surface area contributed by atoms with Gasteiger partial charge in [-0.3, -0.25) is 9.69 Å². The Morgan fingerprint density at radius 3 is 2.62 bits per heavy atom. The monoisotopic (exact) mass is 483 g/mol. The van der Waals surface area contributed by atoms with E-state index in [1.54, 1.807) is 18.2 Å². The normalized spacial score (nSPS) is 15.1. The number of morpholine rings is 1. The zero-order valence-corrected chi connectivity index (χ0v) is 19.4. The van der Waals surface area contributed by atoms with Crippen LogP contribution in [-0.2, 0) is 22.3 Å². The smallest absolute Gasteiger partial charge is 0.254 e. The molecule has 10 heteroatoms. The Hall–Kier alpha value is -3.05. The van der Waals surface area contributed by atoms with Crippen molar-refractivity contribution in [3.63, 3.8) is 0 Å². The molecule has 2 N–H and O–H groups in total. The Labute approximate surface area is 200 Å². The summed E-state index contributed by atoms with van der Waals surface area (Å²) >= 11 is 0. The van der Waals surface area contributed by atoms with Crippen LogP contribution in [0.25, 0.3) is 11.4 Å².